The van der Waals surface area contributed by atoms with Crippen molar-refractivity contribution in [2.24, 2.45) is 0 Å². The normalized spacial score (nSPS) is 9.00. The molecule has 0 atom stereocenters. The Labute approximate surface area is 84.7 Å². The Morgan fingerprint density at radius 2 is 1.73 bits per heavy atom. The topological polar surface area (TPSA) is 0 Å². The first kappa shape index (κ1) is 10.9. The van der Waals surface area contributed by atoms with E-state index in [1.807, 2.05) is 36.4 Å². The van der Waals surface area contributed by atoms with Gasteiger partial charge in [-0.05, 0) is 0 Å². The van der Waals surface area contributed by atoms with E-state index >= 15 is 0 Å². The molecular formula is C9H9BrZn. The van der Waals surface area contributed by atoms with Gasteiger partial charge in [0.25, 0.3) is 0 Å². The van der Waals surface area contributed by atoms with E-state index in [1.165, 1.54) is 21.9 Å². The summed E-state index contributed by atoms with van der Waals surface area (Å²) in [7, 11) is 0. The first-order valence-electron chi connectivity index (χ1n) is 3.21. The Morgan fingerprint density at radius 1 is 1.18 bits per heavy atom. The van der Waals surface area contributed by atoms with Gasteiger partial charge in [0.2, 0.25) is 0 Å². The van der Waals surface area contributed by atoms with Crippen LogP contribution in [0.15, 0.2) is 36.4 Å². The van der Waals surface area contributed by atoms with Crippen molar-refractivity contribution in [2.75, 3.05) is 0 Å². The quantitative estimate of drug-likeness (QED) is 0.538. The first-order valence-corrected chi connectivity index (χ1v) is 10.2. The number of hydrogen-bond donors (Lipinski definition) is 0. The van der Waals surface area contributed by atoms with Crippen molar-refractivity contribution < 1.29 is 16.3 Å². The summed E-state index contributed by atoms with van der Waals surface area (Å²) in [6.07, 6.45) is 3.76. The fourth-order valence-corrected chi connectivity index (χ4v) is 0.700. The maximum absolute atomic E-state index is 3.60. The van der Waals surface area contributed by atoms with Crippen LogP contribution in [0.25, 0.3) is 6.08 Å². The zero-order valence-electron chi connectivity index (χ0n) is 6.33. The Balaban J connectivity index is 0.000000461. The van der Waals surface area contributed by atoms with Crippen molar-refractivity contribution in [1.82, 2.24) is 0 Å². The Bertz CT molecular complexity index is 194. The fraction of sp³-hybridized carbons (Fsp3) is 0. The third-order valence-corrected chi connectivity index (χ3v) is 1.11. The maximum atomic E-state index is 3.60. The Hall–Kier alpha value is -0.0666. The average Bonchev–Trinajstić information content (AvgIpc) is 2.11. The van der Waals surface area contributed by atoms with E-state index in [1.54, 1.807) is 6.08 Å². The number of hydrogen-bond acceptors (Lipinski definition) is 0. The van der Waals surface area contributed by atoms with E-state index in [0.717, 1.165) is 0 Å². The van der Waals surface area contributed by atoms with Gasteiger partial charge < -0.3 is 0 Å². The van der Waals surface area contributed by atoms with Crippen LogP contribution in [0.4, 0.5) is 0 Å². The van der Waals surface area contributed by atoms with Crippen molar-refractivity contribution in [3.05, 3.63) is 48.9 Å². The van der Waals surface area contributed by atoms with Gasteiger partial charge >= 0.3 is 30.0 Å². The van der Waals surface area contributed by atoms with Gasteiger partial charge in [-0.1, -0.05) is 30.3 Å². The second-order valence-corrected chi connectivity index (χ2v) is 1.81. The second-order valence-electron chi connectivity index (χ2n) is 1.81. The molecule has 0 aromatic heterocycles. The molecule has 0 bridgehead atoms. The molecule has 2 heteroatoms. The molecule has 0 unspecified atom stereocenters. The summed E-state index contributed by atoms with van der Waals surface area (Å²) >= 11 is 4.25. The molecule has 0 aliphatic carbocycles. The van der Waals surface area contributed by atoms with Crippen molar-refractivity contribution in [2.45, 2.75) is 0 Å². The monoisotopic (exact) mass is 260 g/mol. The van der Waals surface area contributed by atoms with E-state index in [0.29, 0.717) is 0 Å². The van der Waals surface area contributed by atoms with Crippen LogP contribution in [0, 0.1) is 6.92 Å². The van der Waals surface area contributed by atoms with E-state index in [9.17, 15) is 0 Å². The molecule has 0 amide bonds. The number of allylic oxidation sites excluding steroid dienone is 1. The van der Waals surface area contributed by atoms with Crippen molar-refractivity contribution in [3.8, 4) is 0 Å². The van der Waals surface area contributed by atoms with E-state index in [2.05, 4.69) is 20.5 Å². The van der Waals surface area contributed by atoms with Gasteiger partial charge in [-0.15, -0.1) is 5.56 Å². The summed E-state index contributed by atoms with van der Waals surface area (Å²) in [4.78, 5) is 0. The van der Waals surface area contributed by atoms with Gasteiger partial charge in [-0.3, -0.25) is 0 Å². The SMILES string of the molecule is [CH2-]/C=C/c1ccccc1.[Zn+][Br]. The number of halogens is 1. The van der Waals surface area contributed by atoms with Gasteiger partial charge in [0.1, 0.15) is 0 Å². The summed E-state index contributed by atoms with van der Waals surface area (Å²) in [5.74, 6) is 0. The predicted octanol–water partition coefficient (Wildman–Crippen LogP) is 3.38. The zero-order chi connectivity index (χ0) is 8.53. The summed E-state index contributed by atoms with van der Waals surface area (Å²) in [5.41, 5.74) is 1.20. The summed E-state index contributed by atoms with van der Waals surface area (Å²) in [6.45, 7) is 3.60. The van der Waals surface area contributed by atoms with Gasteiger partial charge in [0.15, 0.2) is 0 Å². The molecule has 0 aliphatic heterocycles. The van der Waals surface area contributed by atoms with Crippen LogP contribution in [0.5, 0.6) is 0 Å². The van der Waals surface area contributed by atoms with Gasteiger partial charge in [0, 0.05) is 0 Å². The average molecular weight is 262 g/mol. The molecule has 0 radical (unpaired) electrons. The fourth-order valence-electron chi connectivity index (χ4n) is 0.700. The van der Waals surface area contributed by atoms with E-state index < -0.39 is 0 Å². The molecule has 0 spiro atoms. The summed E-state index contributed by atoms with van der Waals surface area (Å²) < 4.78 is 0. The van der Waals surface area contributed by atoms with Crippen LogP contribution in [0.3, 0.4) is 0 Å². The van der Waals surface area contributed by atoms with Crippen LogP contribution >= 0.6 is 13.6 Å². The van der Waals surface area contributed by atoms with Crippen molar-refractivity contribution in [1.29, 1.82) is 0 Å². The third-order valence-electron chi connectivity index (χ3n) is 1.11. The minimum atomic E-state index is 1.19. The van der Waals surface area contributed by atoms with Crippen LogP contribution in [-0.2, 0) is 16.3 Å². The number of benzene rings is 1. The molecule has 0 aliphatic rings. The molecule has 0 heterocycles. The molecule has 0 saturated heterocycles. The molecule has 1 aromatic carbocycles. The van der Waals surface area contributed by atoms with Crippen LogP contribution < -0.4 is 0 Å². The van der Waals surface area contributed by atoms with E-state index in [-0.39, 0.29) is 0 Å². The van der Waals surface area contributed by atoms with Crippen LogP contribution in [0.2, 0.25) is 0 Å². The predicted molar refractivity (Wildman–Crippen MR) is 49.8 cm³/mol. The standard InChI is InChI=1S/C9H9.BrH.Zn/c1-2-6-9-7-4-3-5-8-9;;/h2-8H,1H2;1H;/q-1;;+2/p-1/b6-2+;;. The first-order chi connectivity index (χ1) is 5.43. The molecule has 1 rings (SSSR count). The molecule has 54 valence electrons. The van der Waals surface area contributed by atoms with Crippen LogP contribution in [-0.4, -0.2) is 0 Å². The van der Waals surface area contributed by atoms with E-state index in [4.69, 9.17) is 0 Å². The Morgan fingerprint density at radius 3 is 2.18 bits per heavy atom. The molecule has 11 heavy (non-hydrogen) atoms. The minimum absolute atomic E-state index is 1.19. The Kier molecular flexibility index (Phi) is 7.99. The zero-order valence-corrected chi connectivity index (χ0v) is 10.9. The molecule has 0 fully saturated rings. The van der Waals surface area contributed by atoms with Gasteiger partial charge in [0.05, 0.1) is 0 Å². The third kappa shape index (κ3) is 5.23. The second kappa shape index (κ2) is 8.03. The summed E-state index contributed by atoms with van der Waals surface area (Å²) in [6, 6.07) is 10.1. The molecular weight excluding hydrogens is 253 g/mol. The number of rotatable bonds is 1. The molecule has 0 nitrogen and oxygen atoms in total. The summed E-state index contributed by atoms with van der Waals surface area (Å²) in [5, 5.41) is 0. The van der Waals surface area contributed by atoms with Crippen LogP contribution in [0.1, 0.15) is 5.56 Å². The molecule has 0 saturated carbocycles. The van der Waals surface area contributed by atoms with Crippen molar-refractivity contribution in [3.63, 3.8) is 0 Å². The molecule has 1 aromatic rings. The van der Waals surface area contributed by atoms with Gasteiger partial charge in [-0.2, -0.15) is 0 Å². The van der Waals surface area contributed by atoms with Crippen molar-refractivity contribution >= 4 is 19.7 Å². The molecule has 0 N–H and O–H groups in total. The van der Waals surface area contributed by atoms with Gasteiger partial charge in [-0.25, -0.2) is 19.1 Å².